The van der Waals surface area contributed by atoms with Gasteiger partial charge in [-0.2, -0.15) is 4.39 Å². The Kier molecular flexibility index (Phi) is 5.11. The molecule has 2 aliphatic rings. The highest BCUT2D eigenvalue weighted by Gasteiger charge is 2.59. The number of halogens is 2. The first kappa shape index (κ1) is 21.2. The predicted octanol–water partition coefficient (Wildman–Crippen LogP) is 3.47. The lowest BCUT2D eigenvalue weighted by molar-refractivity contribution is 0.0559. The molecule has 3 rings (SSSR count). The lowest BCUT2D eigenvalue weighted by Crippen LogP contribution is -2.64. The number of pyridine rings is 1. The molecule has 1 fully saturated rings. The standard InChI is InChI=1S/C18H23BrFN3O4S/c1-16(2,3)27-15(24)22-14-18(6-5-7-18)28(25,26)10-17(4,23-14)12-8-11(19)9-21-13(12)20/h8-9H,5-7,10H2,1-4H3,(H,22,23,24)/t17-/m0/s1. The summed E-state index contributed by atoms with van der Waals surface area (Å²) in [5, 5.41) is 2.54. The zero-order valence-electron chi connectivity index (χ0n) is 16.2. The molecule has 154 valence electrons. The van der Waals surface area contributed by atoms with Crippen molar-refractivity contribution >= 4 is 37.7 Å². The van der Waals surface area contributed by atoms with Gasteiger partial charge in [0.05, 0.1) is 5.75 Å². The summed E-state index contributed by atoms with van der Waals surface area (Å²) in [6.07, 6.45) is 1.93. The summed E-state index contributed by atoms with van der Waals surface area (Å²) in [4.78, 5) is 20.5. The maximum atomic E-state index is 14.4. The third kappa shape index (κ3) is 3.68. The molecule has 2 heterocycles. The van der Waals surface area contributed by atoms with Crippen LogP contribution < -0.4 is 5.32 Å². The average Bonchev–Trinajstić information content (AvgIpc) is 2.44. The van der Waals surface area contributed by atoms with Gasteiger partial charge in [-0.3, -0.25) is 10.3 Å². The molecular weight excluding hydrogens is 453 g/mol. The number of aliphatic imine (C=N–C) groups is 1. The van der Waals surface area contributed by atoms with E-state index in [1.165, 1.54) is 19.2 Å². The second kappa shape index (κ2) is 6.76. The van der Waals surface area contributed by atoms with Crippen molar-refractivity contribution in [1.82, 2.24) is 10.3 Å². The van der Waals surface area contributed by atoms with Gasteiger partial charge in [-0.1, -0.05) is 0 Å². The number of hydrogen-bond donors (Lipinski definition) is 1. The fraction of sp³-hybridized carbons (Fsp3) is 0.611. The zero-order valence-corrected chi connectivity index (χ0v) is 18.6. The number of amidine groups is 1. The molecule has 1 atom stereocenters. The van der Waals surface area contributed by atoms with Crippen LogP contribution in [-0.4, -0.2) is 41.4 Å². The highest BCUT2D eigenvalue weighted by molar-refractivity contribution is 9.10. The molecule has 1 aromatic rings. The van der Waals surface area contributed by atoms with E-state index in [4.69, 9.17) is 4.74 Å². The van der Waals surface area contributed by atoms with Crippen LogP contribution in [0.5, 0.6) is 0 Å². The minimum atomic E-state index is -3.72. The van der Waals surface area contributed by atoms with Gasteiger partial charge in [-0.25, -0.2) is 18.2 Å². The Morgan fingerprint density at radius 3 is 2.54 bits per heavy atom. The number of amides is 1. The zero-order chi connectivity index (χ0) is 21.0. The summed E-state index contributed by atoms with van der Waals surface area (Å²) in [7, 11) is -3.72. The second-order valence-corrected chi connectivity index (χ2v) is 11.7. The van der Waals surface area contributed by atoms with E-state index in [-0.39, 0.29) is 17.2 Å². The molecule has 1 amide bonds. The summed E-state index contributed by atoms with van der Waals surface area (Å²) in [6.45, 7) is 6.65. The Morgan fingerprint density at radius 1 is 1.36 bits per heavy atom. The highest BCUT2D eigenvalue weighted by atomic mass is 79.9. The van der Waals surface area contributed by atoms with Gasteiger partial charge >= 0.3 is 6.09 Å². The van der Waals surface area contributed by atoms with Crippen molar-refractivity contribution in [2.45, 2.75) is 62.8 Å². The Bertz CT molecular complexity index is 954. The first-order chi connectivity index (χ1) is 12.8. The Hall–Kier alpha value is -1.55. The molecule has 7 nitrogen and oxygen atoms in total. The lowest BCUT2D eigenvalue weighted by atomic mass is 9.82. The van der Waals surface area contributed by atoms with Gasteiger partial charge in [0.2, 0.25) is 5.95 Å². The second-order valence-electron chi connectivity index (χ2n) is 8.46. The fourth-order valence-electron chi connectivity index (χ4n) is 3.56. The van der Waals surface area contributed by atoms with Gasteiger partial charge in [0.1, 0.15) is 21.7 Å². The monoisotopic (exact) mass is 475 g/mol. The molecule has 0 bridgehead atoms. The average molecular weight is 476 g/mol. The molecule has 0 radical (unpaired) electrons. The van der Waals surface area contributed by atoms with Crippen LogP contribution >= 0.6 is 15.9 Å². The van der Waals surface area contributed by atoms with Crippen LogP contribution in [0.2, 0.25) is 0 Å². The molecule has 1 saturated carbocycles. The van der Waals surface area contributed by atoms with Crippen LogP contribution in [0.15, 0.2) is 21.7 Å². The Balaban J connectivity index is 2.10. The van der Waals surface area contributed by atoms with E-state index >= 15 is 0 Å². The van der Waals surface area contributed by atoms with Crippen molar-refractivity contribution < 1.29 is 22.3 Å². The largest absolute Gasteiger partial charge is 0.444 e. The number of carbonyl (C=O) groups is 1. The van der Waals surface area contributed by atoms with E-state index in [1.54, 1.807) is 20.8 Å². The molecule has 1 N–H and O–H groups in total. The fourth-order valence-corrected chi connectivity index (χ4v) is 6.43. The molecule has 1 aromatic heterocycles. The lowest BCUT2D eigenvalue weighted by Gasteiger charge is -2.47. The molecule has 1 spiro atoms. The number of ether oxygens (including phenoxy) is 1. The molecule has 10 heteroatoms. The Morgan fingerprint density at radius 2 is 2.00 bits per heavy atom. The van der Waals surface area contributed by atoms with Crippen LogP contribution in [0.4, 0.5) is 9.18 Å². The van der Waals surface area contributed by atoms with E-state index in [0.717, 1.165) is 0 Å². The minimum Gasteiger partial charge on any atom is -0.444 e. The number of hydrogen-bond acceptors (Lipinski definition) is 6. The minimum absolute atomic E-state index is 0.0149. The number of aromatic nitrogens is 1. The Labute approximate surface area is 172 Å². The third-order valence-electron chi connectivity index (χ3n) is 5.02. The topological polar surface area (TPSA) is 97.7 Å². The van der Waals surface area contributed by atoms with Crippen LogP contribution in [0.3, 0.4) is 0 Å². The molecule has 1 aliphatic carbocycles. The summed E-state index contributed by atoms with van der Waals surface area (Å²) in [6, 6.07) is 1.46. The summed E-state index contributed by atoms with van der Waals surface area (Å²) < 4.78 is 45.4. The number of sulfone groups is 1. The highest BCUT2D eigenvalue weighted by Crippen LogP contribution is 2.47. The van der Waals surface area contributed by atoms with E-state index in [9.17, 15) is 17.6 Å². The van der Waals surface area contributed by atoms with Gasteiger partial charge in [-0.05, 0) is 69.0 Å². The predicted molar refractivity (Wildman–Crippen MR) is 106 cm³/mol. The number of alkyl carbamates (subject to hydrolysis) is 1. The van der Waals surface area contributed by atoms with Crippen LogP contribution in [-0.2, 0) is 20.1 Å². The maximum Gasteiger partial charge on any atom is 0.413 e. The molecule has 0 unspecified atom stereocenters. The van der Waals surface area contributed by atoms with E-state index in [2.05, 4.69) is 31.2 Å². The van der Waals surface area contributed by atoms with Crippen molar-refractivity contribution in [3.8, 4) is 0 Å². The number of rotatable bonds is 1. The van der Waals surface area contributed by atoms with E-state index in [1.807, 2.05) is 0 Å². The van der Waals surface area contributed by atoms with Gasteiger partial charge in [0.15, 0.2) is 9.84 Å². The van der Waals surface area contributed by atoms with Crippen LogP contribution in [0, 0.1) is 5.95 Å². The maximum absolute atomic E-state index is 14.4. The number of carbonyl (C=O) groups excluding carboxylic acids is 1. The number of nitrogens with one attached hydrogen (secondary N) is 1. The van der Waals surface area contributed by atoms with Crippen molar-refractivity contribution in [1.29, 1.82) is 0 Å². The molecule has 28 heavy (non-hydrogen) atoms. The normalized spacial score (nSPS) is 25.6. The molecule has 0 saturated heterocycles. The summed E-state index contributed by atoms with van der Waals surface area (Å²) in [5.41, 5.74) is -2.14. The van der Waals surface area contributed by atoms with E-state index < -0.39 is 37.8 Å². The molecular formula is C18H23BrFN3O4S. The van der Waals surface area contributed by atoms with Gasteiger partial charge < -0.3 is 4.74 Å². The van der Waals surface area contributed by atoms with Crippen molar-refractivity contribution in [2.75, 3.05) is 5.75 Å². The summed E-state index contributed by atoms with van der Waals surface area (Å²) in [5.74, 6) is -1.15. The van der Waals surface area contributed by atoms with Crippen molar-refractivity contribution in [2.24, 2.45) is 4.99 Å². The third-order valence-corrected chi connectivity index (χ3v) is 8.19. The van der Waals surface area contributed by atoms with Crippen molar-refractivity contribution in [3.63, 3.8) is 0 Å². The molecule has 1 aliphatic heterocycles. The van der Waals surface area contributed by atoms with Crippen LogP contribution in [0.25, 0.3) is 0 Å². The first-order valence-corrected chi connectivity index (χ1v) is 11.4. The van der Waals surface area contributed by atoms with E-state index in [0.29, 0.717) is 23.7 Å². The summed E-state index contributed by atoms with van der Waals surface area (Å²) >= 11 is 3.23. The molecule has 0 aromatic carbocycles. The quantitative estimate of drug-likeness (QED) is 0.626. The van der Waals surface area contributed by atoms with Gasteiger partial charge in [0, 0.05) is 16.2 Å². The van der Waals surface area contributed by atoms with Crippen LogP contribution in [0.1, 0.15) is 52.5 Å². The SMILES string of the molecule is CC(C)(C)OC(=O)NC1=N[C@](C)(c2cc(Br)cnc2F)CS(=O)(=O)C12CCC2. The number of nitrogens with zero attached hydrogens (tertiary/aromatic N) is 2. The smallest absolute Gasteiger partial charge is 0.413 e. The first-order valence-electron chi connectivity index (χ1n) is 8.92. The van der Waals surface area contributed by atoms with Gasteiger partial charge in [-0.15, -0.1) is 0 Å². The van der Waals surface area contributed by atoms with Gasteiger partial charge in [0.25, 0.3) is 0 Å². The van der Waals surface area contributed by atoms with Crippen molar-refractivity contribution in [3.05, 3.63) is 28.2 Å².